The number of oxime groups is 1. The molecular formula is C27H30F3N5O2S. The largest absolute Gasteiger partial charge is 0.435 e. The van der Waals surface area contributed by atoms with Crippen LogP contribution in [-0.2, 0) is 22.4 Å². The molecule has 202 valence electrons. The fraction of sp³-hybridized carbons (Fsp3) is 0.481. The van der Waals surface area contributed by atoms with Gasteiger partial charge in [-0.25, -0.2) is 4.98 Å². The first kappa shape index (κ1) is 26.6. The second-order valence-corrected chi connectivity index (χ2v) is 11.1. The highest BCUT2D eigenvalue weighted by molar-refractivity contribution is 7.10. The van der Waals surface area contributed by atoms with Gasteiger partial charge in [0.25, 0.3) is 0 Å². The smallest absolute Gasteiger partial charge is 0.387 e. The Morgan fingerprint density at radius 3 is 2.47 bits per heavy atom. The standard InChI is InChI=1S/C27H30F3N5O2S/c1-16-8-17(2)10-20(9-16)24-12-22(33-37-24)23-15-38-26(31-23)19-4-6-34(7-5-19)21(14-36)13-35-18(3)11-25(32-35)27(28,29)30/h8-11,14-15,19,21,24H,4-7,12-13H2,1-3H3/t21?,24-/m1/s1. The number of hydrogen-bond donors (Lipinski definition) is 0. The Morgan fingerprint density at radius 1 is 1.13 bits per heavy atom. The van der Waals surface area contributed by atoms with Crippen molar-refractivity contribution in [2.75, 3.05) is 13.1 Å². The summed E-state index contributed by atoms with van der Waals surface area (Å²) in [7, 11) is 0. The van der Waals surface area contributed by atoms with Crippen molar-refractivity contribution in [2.45, 2.75) is 70.8 Å². The van der Waals surface area contributed by atoms with Gasteiger partial charge in [0.1, 0.15) is 12.0 Å². The first-order chi connectivity index (χ1) is 18.1. The number of thiazole rings is 1. The van der Waals surface area contributed by atoms with Crippen LogP contribution in [0.25, 0.3) is 0 Å². The third-order valence-electron chi connectivity index (χ3n) is 7.24. The minimum Gasteiger partial charge on any atom is -0.387 e. The minimum absolute atomic E-state index is 0.0962. The molecule has 1 aromatic carbocycles. The Labute approximate surface area is 223 Å². The number of carbonyl (C=O) groups is 1. The third kappa shape index (κ3) is 5.68. The average molecular weight is 546 g/mol. The number of aldehydes is 1. The molecule has 3 aromatic rings. The maximum absolute atomic E-state index is 13.0. The summed E-state index contributed by atoms with van der Waals surface area (Å²) in [6.07, 6.45) is -1.50. The molecule has 11 heteroatoms. The molecule has 0 saturated carbocycles. The van der Waals surface area contributed by atoms with Gasteiger partial charge in [0.15, 0.2) is 11.8 Å². The summed E-state index contributed by atoms with van der Waals surface area (Å²) in [5.41, 5.74) is 4.66. The van der Waals surface area contributed by atoms with Crippen molar-refractivity contribution >= 4 is 23.3 Å². The van der Waals surface area contributed by atoms with Gasteiger partial charge < -0.3 is 9.63 Å². The number of carbonyl (C=O) groups excluding carboxylic acids is 1. The normalized spacial score (nSPS) is 19.8. The molecule has 1 fully saturated rings. The molecule has 2 aliphatic rings. The monoisotopic (exact) mass is 545 g/mol. The van der Waals surface area contributed by atoms with E-state index in [1.54, 1.807) is 18.3 Å². The Kier molecular flexibility index (Phi) is 7.41. The molecule has 0 bridgehead atoms. The number of alkyl halides is 3. The quantitative estimate of drug-likeness (QED) is 0.362. The Balaban J connectivity index is 1.18. The number of benzene rings is 1. The number of rotatable bonds is 7. The van der Waals surface area contributed by atoms with Crippen LogP contribution in [0.2, 0.25) is 0 Å². The van der Waals surface area contributed by atoms with Crippen LogP contribution >= 0.6 is 11.3 Å². The molecule has 0 spiro atoms. The van der Waals surface area contributed by atoms with E-state index in [-0.39, 0.29) is 18.6 Å². The Morgan fingerprint density at radius 2 is 1.84 bits per heavy atom. The highest BCUT2D eigenvalue weighted by atomic mass is 32.1. The third-order valence-corrected chi connectivity index (χ3v) is 8.25. The van der Waals surface area contributed by atoms with Crippen LogP contribution in [0.15, 0.2) is 34.8 Å². The second kappa shape index (κ2) is 10.6. The number of halogens is 3. The number of piperidine rings is 1. The Hall–Kier alpha value is -3.05. The van der Waals surface area contributed by atoms with E-state index in [4.69, 9.17) is 9.82 Å². The molecule has 0 amide bonds. The molecule has 1 unspecified atom stereocenters. The predicted molar refractivity (Wildman–Crippen MR) is 138 cm³/mol. The summed E-state index contributed by atoms with van der Waals surface area (Å²) in [6.45, 7) is 7.14. The number of aromatic nitrogens is 3. The van der Waals surface area contributed by atoms with E-state index in [2.05, 4.69) is 42.3 Å². The lowest BCUT2D eigenvalue weighted by atomic mass is 9.96. The van der Waals surface area contributed by atoms with E-state index in [0.29, 0.717) is 25.2 Å². The van der Waals surface area contributed by atoms with Gasteiger partial charge in [0.05, 0.1) is 23.3 Å². The van der Waals surface area contributed by atoms with Crippen molar-refractivity contribution in [1.82, 2.24) is 19.7 Å². The average Bonchev–Trinajstić information content (AvgIpc) is 3.62. The van der Waals surface area contributed by atoms with Crippen molar-refractivity contribution in [1.29, 1.82) is 0 Å². The first-order valence-corrected chi connectivity index (χ1v) is 13.6. The zero-order valence-corrected chi connectivity index (χ0v) is 22.3. The summed E-state index contributed by atoms with van der Waals surface area (Å²) in [6, 6.07) is 6.88. The van der Waals surface area contributed by atoms with Crippen molar-refractivity contribution < 1.29 is 22.8 Å². The lowest BCUT2D eigenvalue weighted by Crippen LogP contribution is -2.44. The molecule has 38 heavy (non-hydrogen) atoms. The van der Waals surface area contributed by atoms with Crippen LogP contribution < -0.4 is 0 Å². The fourth-order valence-corrected chi connectivity index (χ4v) is 6.24. The lowest BCUT2D eigenvalue weighted by Gasteiger charge is -2.34. The number of likely N-dealkylation sites (tertiary alicyclic amines) is 1. The van der Waals surface area contributed by atoms with Crippen LogP contribution in [0.1, 0.15) is 70.1 Å². The molecule has 2 atom stereocenters. The molecular weight excluding hydrogens is 515 g/mol. The maximum Gasteiger partial charge on any atom is 0.435 e. The summed E-state index contributed by atoms with van der Waals surface area (Å²) in [5, 5.41) is 11.1. The topological polar surface area (TPSA) is 72.6 Å². The van der Waals surface area contributed by atoms with Gasteiger partial charge >= 0.3 is 6.18 Å². The maximum atomic E-state index is 13.0. The highest BCUT2D eigenvalue weighted by Gasteiger charge is 2.35. The summed E-state index contributed by atoms with van der Waals surface area (Å²) in [4.78, 5) is 24.5. The first-order valence-electron chi connectivity index (χ1n) is 12.7. The van der Waals surface area contributed by atoms with Gasteiger partial charge in [-0.1, -0.05) is 34.5 Å². The predicted octanol–water partition coefficient (Wildman–Crippen LogP) is 5.60. The molecule has 0 radical (unpaired) electrons. The Bertz CT molecular complexity index is 1320. The molecule has 4 heterocycles. The molecule has 0 N–H and O–H groups in total. The molecule has 2 aliphatic heterocycles. The zero-order chi connectivity index (χ0) is 27.0. The molecule has 2 aromatic heterocycles. The number of aryl methyl sites for hydroxylation is 3. The van der Waals surface area contributed by atoms with E-state index >= 15 is 0 Å². The van der Waals surface area contributed by atoms with Crippen LogP contribution in [0.4, 0.5) is 13.2 Å². The lowest BCUT2D eigenvalue weighted by molar-refractivity contribution is -0.141. The molecule has 0 aliphatic carbocycles. The van der Waals surface area contributed by atoms with E-state index < -0.39 is 17.9 Å². The van der Waals surface area contributed by atoms with E-state index in [1.807, 2.05) is 10.3 Å². The summed E-state index contributed by atoms with van der Waals surface area (Å²) < 4.78 is 40.3. The molecule has 5 rings (SSSR count). The van der Waals surface area contributed by atoms with Crippen molar-refractivity contribution in [3.8, 4) is 0 Å². The number of nitrogens with zero attached hydrogens (tertiary/aromatic N) is 5. The van der Waals surface area contributed by atoms with Crippen molar-refractivity contribution in [3.63, 3.8) is 0 Å². The van der Waals surface area contributed by atoms with E-state index in [1.165, 1.54) is 15.8 Å². The van der Waals surface area contributed by atoms with Gasteiger partial charge in [0.2, 0.25) is 0 Å². The van der Waals surface area contributed by atoms with Gasteiger partial charge in [0, 0.05) is 23.4 Å². The van der Waals surface area contributed by atoms with Gasteiger partial charge in [-0.05, 0) is 58.3 Å². The van der Waals surface area contributed by atoms with Crippen LogP contribution in [-0.4, -0.2) is 50.8 Å². The SMILES string of the molecule is Cc1cc(C)cc([C@H]2CC(c3csc(C4CCN(C(C=O)Cn5nc(C(F)(F)F)cc5C)CC4)n3)=NO2)c1. The minimum atomic E-state index is -4.51. The van der Waals surface area contributed by atoms with Crippen LogP contribution in [0, 0.1) is 20.8 Å². The summed E-state index contributed by atoms with van der Waals surface area (Å²) in [5.74, 6) is 0.263. The van der Waals surface area contributed by atoms with Crippen LogP contribution in [0.5, 0.6) is 0 Å². The van der Waals surface area contributed by atoms with Crippen molar-refractivity contribution in [3.05, 3.63) is 68.4 Å². The van der Waals surface area contributed by atoms with Gasteiger partial charge in [-0.2, -0.15) is 18.3 Å². The van der Waals surface area contributed by atoms with E-state index in [0.717, 1.165) is 47.2 Å². The van der Waals surface area contributed by atoms with Crippen LogP contribution in [0.3, 0.4) is 0 Å². The molecule has 1 saturated heterocycles. The van der Waals surface area contributed by atoms with E-state index in [9.17, 15) is 18.0 Å². The zero-order valence-electron chi connectivity index (χ0n) is 21.5. The van der Waals surface area contributed by atoms with Crippen molar-refractivity contribution in [2.24, 2.45) is 5.16 Å². The second-order valence-electron chi connectivity index (χ2n) is 10.2. The fourth-order valence-electron chi connectivity index (χ4n) is 5.24. The van der Waals surface area contributed by atoms with Gasteiger partial charge in [-0.15, -0.1) is 11.3 Å². The molecule has 7 nitrogen and oxygen atoms in total. The highest BCUT2D eigenvalue weighted by Crippen LogP contribution is 2.35. The van der Waals surface area contributed by atoms with Gasteiger partial charge in [-0.3, -0.25) is 9.58 Å². The number of hydrogen-bond acceptors (Lipinski definition) is 7. The summed E-state index contributed by atoms with van der Waals surface area (Å²) >= 11 is 1.61.